The lowest BCUT2D eigenvalue weighted by atomic mass is 10.0. The van der Waals surface area contributed by atoms with Crippen LogP contribution in [0.1, 0.15) is 22.3 Å². The van der Waals surface area contributed by atoms with Gasteiger partial charge in [-0.3, -0.25) is 14.5 Å². The maximum absolute atomic E-state index is 13.1. The summed E-state index contributed by atoms with van der Waals surface area (Å²) in [6.07, 6.45) is 1.64. The van der Waals surface area contributed by atoms with Gasteiger partial charge in [-0.2, -0.15) is 0 Å². The van der Waals surface area contributed by atoms with Crippen LogP contribution in [0.25, 0.3) is 16.8 Å². The fourth-order valence-electron chi connectivity index (χ4n) is 4.15. The van der Waals surface area contributed by atoms with Crippen molar-refractivity contribution in [3.63, 3.8) is 0 Å². The Labute approximate surface area is 223 Å². The van der Waals surface area contributed by atoms with Gasteiger partial charge in [-0.05, 0) is 64.4 Å². The highest BCUT2D eigenvalue weighted by Gasteiger charge is 2.35. The Morgan fingerprint density at radius 3 is 2.42 bits per heavy atom. The van der Waals surface area contributed by atoms with E-state index in [-0.39, 0.29) is 17.7 Å². The number of hydrogen-bond acceptors (Lipinski definition) is 4. The Morgan fingerprint density at radius 1 is 0.917 bits per heavy atom. The topological polar surface area (TPSA) is 46.6 Å². The molecule has 0 aromatic heterocycles. The molecule has 2 amide bonds. The lowest BCUT2D eigenvalue weighted by Crippen LogP contribution is -2.27. The molecule has 0 N–H and O–H groups in total. The van der Waals surface area contributed by atoms with Gasteiger partial charge >= 0.3 is 0 Å². The molecule has 4 aromatic rings. The third-order valence-corrected chi connectivity index (χ3v) is 7.33. The minimum Gasteiger partial charge on any atom is -0.486 e. The summed E-state index contributed by atoms with van der Waals surface area (Å²) in [4.78, 5) is 27.4. The van der Waals surface area contributed by atoms with Crippen LogP contribution in [0.2, 0.25) is 10.0 Å². The number of imide groups is 1. The summed E-state index contributed by atoms with van der Waals surface area (Å²) in [5, 5.41) is 2.43. The monoisotopic (exact) mass is 533 g/mol. The van der Waals surface area contributed by atoms with E-state index in [0.29, 0.717) is 32.9 Å². The van der Waals surface area contributed by atoms with Crippen LogP contribution in [-0.4, -0.2) is 16.0 Å². The Morgan fingerprint density at radius 2 is 1.64 bits per heavy atom. The molecular formula is C29H21Cl2NO3S. The molecular weight excluding hydrogens is 513 g/mol. The number of carbonyl (C=O) groups excluding carboxylic acids is 2. The third kappa shape index (κ3) is 5.14. The smallest absolute Gasteiger partial charge is 0.293 e. The molecule has 4 aromatic carbocycles. The van der Waals surface area contributed by atoms with Gasteiger partial charge in [0, 0.05) is 0 Å². The first-order valence-corrected chi connectivity index (χ1v) is 12.9. The summed E-state index contributed by atoms with van der Waals surface area (Å²) in [6.45, 7) is 2.55. The standard InChI is InChI=1S/C29H21Cl2NO3S/c1-18-6-4-7-19(12-18)17-35-27-24(30)13-20(14-25(27)31)15-26-28(33)32(29(34)36-26)16-22-10-5-9-21-8-2-3-11-23(21)22/h2-15H,16-17H2,1H3/b26-15+. The number of hydrogen-bond donors (Lipinski definition) is 0. The van der Waals surface area contributed by atoms with E-state index < -0.39 is 0 Å². The zero-order valence-corrected chi connectivity index (χ0v) is 21.7. The van der Waals surface area contributed by atoms with E-state index in [4.69, 9.17) is 27.9 Å². The second-order valence-corrected chi connectivity index (χ2v) is 10.3. The first-order chi connectivity index (χ1) is 17.4. The van der Waals surface area contributed by atoms with Crippen LogP contribution in [0.15, 0.2) is 83.8 Å². The van der Waals surface area contributed by atoms with E-state index in [1.807, 2.05) is 73.7 Å². The molecule has 0 atom stereocenters. The van der Waals surface area contributed by atoms with Crippen LogP contribution in [0, 0.1) is 6.92 Å². The lowest BCUT2D eigenvalue weighted by Gasteiger charge is -2.14. The van der Waals surface area contributed by atoms with E-state index >= 15 is 0 Å². The average Bonchev–Trinajstić information content (AvgIpc) is 3.11. The van der Waals surface area contributed by atoms with Gasteiger partial charge < -0.3 is 4.74 Å². The largest absolute Gasteiger partial charge is 0.486 e. The summed E-state index contributed by atoms with van der Waals surface area (Å²) >= 11 is 13.8. The van der Waals surface area contributed by atoms with Crippen molar-refractivity contribution in [2.75, 3.05) is 0 Å². The van der Waals surface area contributed by atoms with E-state index in [9.17, 15) is 9.59 Å². The van der Waals surface area contributed by atoms with Crippen molar-refractivity contribution in [2.45, 2.75) is 20.1 Å². The van der Waals surface area contributed by atoms with Gasteiger partial charge in [-0.25, -0.2) is 0 Å². The number of amides is 2. The van der Waals surface area contributed by atoms with Gasteiger partial charge in [0.25, 0.3) is 11.1 Å². The zero-order valence-electron chi connectivity index (χ0n) is 19.3. The van der Waals surface area contributed by atoms with Gasteiger partial charge in [0.15, 0.2) is 5.75 Å². The van der Waals surface area contributed by atoms with Crippen molar-refractivity contribution in [3.8, 4) is 5.75 Å². The van der Waals surface area contributed by atoms with Crippen molar-refractivity contribution >= 4 is 63.0 Å². The molecule has 0 bridgehead atoms. The predicted octanol–water partition coefficient (Wildman–Crippen LogP) is 8.27. The number of thioether (sulfide) groups is 1. The molecule has 1 fully saturated rings. The summed E-state index contributed by atoms with van der Waals surface area (Å²) in [5.74, 6) is 0.0333. The van der Waals surface area contributed by atoms with Crippen molar-refractivity contribution < 1.29 is 14.3 Å². The molecule has 1 saturated heterocycles. The van der Waals surface area contributed by atoms with Gasteiger partial charge in [0.2, 0.25) is 0 Å². The zero-order chi connectivity index (χ0) is 25.2. The summed E-state index contributed by atoms with van der Waals surface area (Å²) in [7, 11) is 0. The molecule has 4 nitrogen and oxygen atoms in total. The maximum atomic E-state index is 13.1. The number of nitrogens with zero attached hydrogens (tertiary/aromatic N) is 1. The first-order valence-electron chi connectivity index (χ1n) is 11.3. The van der Waals surface area contributed by atoms with Gasteiger partial charge in [-0.1, -0.05) is 95.5 Å². The molecule has 1 heterocycles. The molecule has 0 saturated carbocycles. The van der Waals surface area contributed by atoms with Gasteiger partial charge in [-0.15, -0.1) is 0 Å². The number of carbonyl (C=O) groups is 2. The van der Waals surface area contributed by atoms with Crippen LogP contribution < -0.4 is 4.74 Å². The number of ether oxygens (including phenoxy) is 1. The van der Waals surface area contributed by atoms with E-state index in [0.717, 1.165) is 39.2 Å². The Kier molecular flexibility index (Phi) is 7.06. The predicted molar refractivity (Wildman–Crippen MR) is 147 cm³/mol. The number of aryl methyl sites for hydroxylation is 1. The van der Waals surface area contributed by atoms with Crippen molar-refractivity contribution in [3.05, 3.63) is 116 Å². The Hall–Kier alpha value is -3.25. The molecule has 0 unspecified atom stereocenters. The van der Waals surface area contributed by atoms with Crippen molar-refractivity contribution in [2.24, 2.45) is 0 Å². The van der Waals surface area contributed by atoms with Gasteiger partial charge in [0.1, 0.15) is 6.61 Å². The second-order valence-electron chi connectivity index (χ2n) is 8.50. The highest BCUT2D eigenvalue weighted by Crippen LogP contribution is 2.38. The van der Waals surface area contributed by atoms with Crippen molar-refractivity contribution in [1.29, 1.82) is 0 Å². The molecule has 180 valence electrons. The molecule has 0 spiro atoms. The SMILES string of the molecule is Cc1cccc(COc2c(Cl)cc(/C=C3/SC(=O)N(Cc4cccc5ccccc45)C3=O)cc2Cl)c1. The summed E-state index contributed by atoms with van der Waals surface area (Å²) < 4.78 is 5.87. The molecule has 5 rings (SSSR count). The Balaban J connectivity index is 1.34. The number of benzene rings is 4. The molecule has 36 heavy (non-hydrogen) atoms. The van der Waals surface area contributed by atoms with E-state index in [1.165, 1.54) is 4.90 Å². The number of fused-ring (bicyclic) bond motifs is 1. The molecule has 0 aliphatic carbocycles. The van der Waals surface area contributed by atoms with E-state index in [1.54, 1.807) is 18.2 Å². The quantitative estimate of drug-likeness (QED) is 0.234. The highest BCUT2D eigenvalue weighted by atomic mass is 35.5. The number of halogens is 2. The van der Waals surface area contributed by atoms with Gasteiger partial charge in [0.05, 0.1) is 21.5 Å². The minimum absolute atomic E-state index is 0.205. The third-order valence-electron chi connectivity index (χ3n) is 5.87. The number of rotatable bonds is 6. The highest BCUT2D eigenvalue weighted by molar-refractivity contribution is 8.18. The molecule has 7 heteroatoms. The van der Waals surface area contributed by atoms with Crippen LogP contribution in [0.5, 0.6) is 5.75 Å². The molecule has 1 aliphatic heterocycles. The molecule has 0 radical (unpaired) electrons. The van der Waals surface area contributed by atoms with Crippen LogP contribution in [0.4, 0.5) is 4.79 Å². The molecule has 1 aliphatic rings. The van der Waals surface area contributed by atoms with Crippen LogP contribution in [0.3, 0.4) is 0 Å². The first kappa shape index (κ1) is 24.4. The maximum Gasteiger partial charge on any atom is 0.293 e. The fourth-order valence-corrected chi connectivity index (χ4v) is 5.60. The second kappa shape index (κ2) is 10.4. The fraction of sp³-hybridized carbons (Fsp3) is 0.103. The van der Waals surface area contributed by atoms with Crippen LogP contribution in [-0.2, 0) is 17.9 Å². The average molecular weight is 534 g/mol. The van der Waals surface area contributed by atoms with E-state index in [2.05, 4.69) is 0 Å². The lowest BCUT2D eigenvalue weighted by molar-refractivity contribution is -0.123. The van der Waals surface area contributed by atoms with Crippen LogP contribution >= 0.6 is 35.0 Å². The normalized spacial score (nSPS) is 14.8. The Bertz CT molecular complexity index is 1500. The summed E-state index contributed by atoms with van der Waals surface area (Å²) in [5.41, 5.74) is 3.67. The van der Waals surface area contributed by atoms with Crippen molar-refractivity contribution in [1.82, 2.24) is 4.90 Å². The minimum atomic E-state index is -0.343. The summed E-state index contributed by atoms with van der Waals surface area (Å²) in [6, 6.07) is 25.1.